The molecule has 0 fully saturated rings. The standard InChI is InChI=1S/C22H20N4O/c1-15(25-21-12-6-8-16-7-2-3-9-18(16)21)22(27)26-24-14-17-13-23-20-11-5-4-10-19(17)20/h2-15,23,25H,1H3,(H,26,27)/b24-14+. The Hall–Kier alpha value is -3.60. The van der Waals surface area contributed by atoms with Crippen LogP contribution in [-0.2, 0) is 4.79 Å². The lowest BCUT2D eigenvalue weighted by Gasteiger charge is -2.15. The van der Waals surface area contributed by atoms with Gasteiger partial charge in [0, 0.05) is 33.7 Å². The Morgan fingerprint density at radius 2 is 1.74 bits per heavy atom. The quantitative estimate of drug-likeness (QED) is 0.369. The zero-order valence-electron chi connectivity index (χ0n) is 14.9. The fourth-order valence-electron chi connectivity index (χ4n) is 3.11. The Morgan fingerprint density at radius 3 is 2.63 bits per heavy atom. The summed E-state index contributed by atoms with van der Waals surface area (Å²) < 4.78 is 0. The van der Waals surface area contributed by atoms with Crippen LogP contribution in [-0.4, -0.2) is 23.1 Å². The number of H-pyrrole nitrogens is 1. The van der Waals surface area contributed by atoms with Crippen molar-refractivity contribution in [2.45, 2.75) is 13.0 Å². The molecule has 1 amide bonds. The minimum absolute atomic E-state index is 0.195. The Bertz CT molecular complexity index is 1120. The maximum Gasteiger partial charge on any atom is 0.262 e. The Balaban J connectivity index is 1.43. The summed E-state index contributed by atoms with van der Waals surface area (Å²) in [5, 5.41) is 10.7. The number of rotatable bonds is 5. The molecule has 3 N–H and O–H groups in total. The van der Waals surface area contributed by atoms with Crippen molar-refractivity contribution in [2.24, 2.45) is 5.10 Å². The van der Waals surface area contributed by atoms with E-state index in [1.807, 2.05) is 67.7 Å². The van der Waals surface area contributed by atoms with Crippen LogP contribution in [0.5, 0.6) is 0 Å². The van der Waals surface area contributed by atoms with Gasteiger partial charge in [-0.1, -0.05) is 54.6 Å². The molecule has 0 radical (unpaired) electrons. The van der Waals surface area contributed by atoms with Gasteiger partial charge < -0.3 is 10.3 Å². The topological polar surface area (TPSA) is 69.3 Å². The van der Waals surface area contributed by atoms with E-state index < -0.39 is 6.04 Å². The first kappa shape index (κ1) is 16.8. The molecular weight excluding hydrogens is 336 g/mol. The normalized spacial score (nSPS) is 12.5. The highest BCUT2D eigenvalue weighted by Gasteiger charge is 2.13. The van der Waals surface area contributed by atoms with Crippen LogP contribution in [0.25, 0.3) is 21.7 Å². The predicted molar refractivity (Wildman–Crippen MR) is 111 cm³/mol. The first-order valence-electron chi connectivity index (χ1n) is 8.86. The maximum absolute atomic E-state index is 12.4. The highest BCUT2D eigenvalue weighted by atomic mass is 16.2. The number of hydrogen-bond donors (Lipinski definition) is 3. The summed E-state index contributed by atoms with van der Waals surface area (Å²) in [7, 11) is 0. The zero-order chi connectivity index (χ0) is 18.6. The monoisotopic (exact) mass is 356 g/mol. The van der Waals surface area contributed by atoms with Crippen molar-refractivity contribution in [2.75, 3.05) is 5.32 Å². The van der Waals surface area contributed by atoms with E-state index in [4.69, 9.17) is 0 Å². The van der Waals surface area contributed by atoms with Crippen LogP contribution in [0.3, 0.4) is 0 Å². The van der Waals surface area contributed by atoms with Crippen LogP contribution in [0.2, 0.25) is 0 Å². The van der Waals surface area contributed by atoms with Crippen LogP contribution >= 0.6 is 0 Å². The third-order valence-corrected chi connectivity index (χ3v) is 4.55. The molecule has 0 aliphatic heterocycles. The van der Waals surface area contributed by atoms with Gasteiger partial charge in [-0.3, -0.25) is 4.79 Å². The first-order valence-corrected chi connectivity index (χ1v) is 8.86. The van der Waals surface area contributed by atoms with Crippen molar-refractivity contribution in [3.63, 3.8) is 0 Å². The maximum atomic E-state index is 12.4. The molecule has 1 aromatic heterocycles. The molecule has 1 heterocycles. The second-order valence-electron chi connectivity index (χ2n) is 6.42. The number of aromatic amines is 1. The van der Waals surface area contributed by atoms with Gasteiger partial charge in [0.25, 0.3) is 5.91 Å². The van der Waals surface area contributed by atoms with Crippen molar-refractivity contribution in [3.05, 3.63) is 78.5 Å². The van der Waals surface area contributed by atoms with Gasteiger partial charge in [-0.2, -0.15) is 5.10 Å². The summed E-state index contributed by atoms with van der Waals surface area (Å²) in [5.41, 5.74) is 5.50. The number of anilines is 1. The lowest BCUT2D eigenvalue weighted by atomic mass is 10.1. The highest BCUT2D eigenvalue weighted by Crippen LogP contribution is 2.23. The second kappa shape index (κ2) is 7.33. The summed E-state index contributed by atoms with van der Waals surface area (Å²) in [6.07, 6.45) is 3.53. The molecule has 1 unspecified atom stereocenters. The summed E-state index contributed by atoms with van der Waals surface area (Å²) in [6, 6.07) is 21.6. The van der Waals surface area contributed by atoms with Gasteiger partial charge >= 0.3 is 0 Å². The van der Waals surface area contributed by atoms with Crippen LogP contribution in [0, 0.1) is 0 Å². The molecule has 4 aromatic rings. The number of carbonyl (C=O) groups is 1. The van der Waals surface area contributed by atoms with Crippen LogP contribution in [0.15, 0.2) is 78.0 Å². The van der Waals surface area contributed by atoms with Crippen molar-refractivity contribution in [3.8, 4) is 0 Å². The minimum atomic E-state index is -0.420. The number of fused-ring (bicyclic) bond motifs is 2. The number of nitrogens with zero attached hydrogens (tertiary/aromatic N) is 1. The lowest BCUT2D eigenvalue weighted by Crippen LogP contribution is -2.34. The van der Waals surface area contributed by atoms with Gasteiger partial charge in [0.1, 0.15) is 6.04 Å². The number of hydrazone groups is 1. The Labute approximate surface area is 157 Å². The first-order chi connectivity index (χ1) is 13.2. The SMILES string of the molecule is CC(Nc1cccc2ccccc12)C(=O)N/N=C/c1c[nH]c2ccccc12. The van der Waals surface area contributed by atoms with Crippen LogP contribution in [0.1, 0.15) is 12.5 Å². The average molecular weight is 356 g/mol. The predicted octanol–water partition coefficient (Wildman–Crippen LogP) is 4.27. The van der Waals surface area contributed by atoms with E-state index in [0.717, 1.165) is 32.9 Å². The van der Waals surface area contributed by atoms with E-state index in [2.05, 4.69) is 33.0 Å². The van der Waals surface area contributed by atoms with E-state index >= 15 is 0 Å². The number of hydrogen-bond acceptors (Lipinski definition) is 3. The minimum Gasteiger partial charge on any atom is -0.373 e. The zero-order valence-corrected chi connectivity index (χ0v) is 14.9. The van der Waals surface area contributed by atoms with E-state index in [1.54, 1.807) is 6.21 Å². The van der Waals surface area contributed by atoms with Crippen molar-refractivity contribution in [1.82, 2.24) is 10.4 Å². The molecule has 0 spiro atoms. The van der Waals surface area contributed by atoms with E-state index in [1.165, 1.54) is 0 Å². The van der Waals surface area contributed by atoms with Crippen molar-refractivity contribution in [1.29, 1.82) is 0 Å². The lowest BCUT2D eigenvalue weighted by molar-refractivity contribution is -0.121. The summed E-state index contributed by atoms with van der Waals surface area (Å²) in [4.78, 5) is 15.6. The largest absolute Gasteiger partial charge is 0.373 e. The molecule has 4 rings (SSSR count). The number of nitrogens with one attached hydrogen (secondary N) is 3. The number of aromatic nitrogens is 1. The fourth-order valence-corrected chi connectivity index (χ4v) is 3.11. The highest BCUT2D eigenvalue weighted by molar-refractivity contribution is 5.99. The van der Waals surface area contributed by atoms with Crippen molar-refractivity contribution < 1.29 is 4.79 Å². The van der Waals surface area contributed by atoms with Gasteiger partial charge in [0.05, 0.1) is 6.21 Å². The number of amides is 1. The third kappa shape index (κ3) is 3.53. The molecule has 5 nitrogen and oxygen atoms in total. The summed E-state index contributed by atoms with van der Waals surface area (Å²) >= 11 is 0. The van der Waals surface area contributed by atoms with E-state index in [-0.39, 0.29) is 5.91 Å². The third-order valence-electron chi connectivity index (χ3n) is 4.55. The molecule has 0 aliphatic carbocycles. The summed E-state index contributed by atoms with van der Waals surface area (Å²) in [6.45, 7) is 1.82. The molecule has 134 valence electrons. The smallest absolute Gasteiger partial charge is 0.262 e. The molecule has 0 bridgehead atoms. The van der Waals surface area contributed by atoms with Gasteiger partial charge in [-0.15, -0.1) is 0 Å². The molecule has 0 aliphatic rings. The van der Waals surface area contributed by atoms with Gasteiger partial charge in [-0.05, 0) is 24.4 Å². The average Bonchev–Trinajstić information content (AvgIpc) is 3.11. The molecule has 5 heteroatoms. The second-order valence-corrected chi connectivity index (χ2v) is 6.42. The van der Waals surface area contributed by atoms with Crippen LogP contribution < -0.4 is 10.7 Å². The number of carbonyl (C=O) groups excluding carboxylic acids is 1. The van der Waals surface area contributed by atoms with Gasteiger partial charge in [0.2, 0.25) is 0 Å². The van der Waals surface area contributed by atoms with E-state index in [0.29, 0.717) is 0 Å². The molecule has 0 saturated heterocycles. The molecule has 27 heavy (non-hydrogen) atoms. The van der Waals surface area contributed by atoms with Crippen molar-refractivity contribution >= 4 is 39.5 Å². The number of para-hydroxylation sites is 1. The summed E-state index contributed by atoms with van der Waals surface area (Å²) in [5.74, 6) is -0.195. The molecule has 1 atom stereocenters. The van der Waals surface area contributed by atoms with E-state index in [9.17, 15) is 4.79 Å². The Kier molecular flexibility index (Phi) is 4.58. The Morgan fingerprint density at radius 1 is 1.00 bits per heavy atom. The van der Waals surface area contributed by atoms with Gasteiger partial charge in [0.15, 0.2) is 0 Å². The van der Waals surface area contributed by atoms with Gasteiger partial charge in [-0.25, -0.2) is 5.43 Å². The number of benzene rings is 3. The van der Waals surface area contributed by atoms with Crippen LogP contribution in [0.4, 0.5) is 5.69 Å². The molecular formula is C22H20N4O. The molecule has 0 saturated carbocycles. The molecule has 3 aromatic carbocycles. The fraction of sp³-hybridized carbons (Fsp3) is 0.0909.